The molecular formula is C13H9N3O6S. The summed E-state index contributed by atoms with van der Waals surface area (Å²) in [5, 5.41) is 32.7. The fraction of sp³-hybridized carbons (Fsp3) is 0.0769. The van der Waals surface area contributed by atoms with E-state index in [9.17, 15) is 30.3 Å². The molecule has 2 aromatic rings. The Hall–Kier alpha value is -3.01. The first kappa shape index (κ1) is 16.4. The molecule has 23 heavy (non-hydrogen) atoms. The molecule has 0 aliphatic rings. The van der Waals surface area contributed by atoms with Gasteiger partial charge in [-0.25, -0.2) is 0 Å². The highest BCUT2D eigenvalue weighted by molar-refractivity contribution is 7.99. The van der Waals surface area contributed by atoms with Crippen LogP contribution in [0, 0.1) is 37.3 Å². The summed E-state index contributed by atoms with van der Waals surface area (Å²) in [6.07, 6.45) is 0. The molecule has 0 atom stereocenters. The van der Waals surface area contributed by atoms with Crippen molar-refractivity contribution in [1.82, 2.24) is 0 Å². The van der Waals surface area contributed by atoms with E-state index in [1.165, 1.54) is 18.2 Å². The summed E-state index contributed by atoms with van der Waals surface area (Å²) in [5.74, 6) is 0. The Kier molecular flexibility index (Phi) is 4.55. The first-order valence-electron chi connectivity index (χ1n) is 6.15. The van der Waals surface area contributed by atoms with Crippen molar-refractivity contribution in [3.05, 3.63) is 72.3 Å². The Labute approximate surface area is 133 Å². The molecule has 0 N–H and O–H groups in total. The molecule has 0 aromatic heterocycles. The minimum atomic E-state index is -0.724. The maximum Gasteiger partial charge on any atom is 0.290 e. The van der Waals surface area contributed by atoms with Crippen LogP contribution < -0.4 is 0 Å². The summed E-state index contributed by atoms with van der Waals surface area (Å²) in [7, 11) is 0. The minimum absolute atomic E-state index is 0.0976. The van der Waals surface area contributed by atoms with E-state index in [2.05, 4.69) is 0 Å². The molecule has 0 saturated carbocycles. The second-order valence-corrected chi connectivity index (χ2v) is 5.59. The molecule has 0 heterocycles. The van der Waals surface area contributed by atoms with Crippen molar-refractivity contribution < 1.29 is 14.8 Å². The highest BCUT2D eigenvalue weighted by atomic mass is 32.2. The third kappa shape index (κ3) is 3.61. The number of aryl methyl sites for hydroxylation is 1. The SMILES string of the molecule is Cc1ccc(Sc2ccc([N+](=O)[O-])cc2[N+](=O)[O-])cc1[N+](=O)[O-]. The van der Waals surface area contributed by atoms with E-state index in [-0.39, 0.29) is 10.6 Å². The van der Waals surface area contributed by atoms with Gasteiger partial charge < -0.3 is 0 Å². The molecule has 0 spiro atoms. The lowest BCUT2D eigenvalue weighted by molar-refractivity contribution is -0.396. The van der Waals surface area contributed by atoms with Crippen molar-refractivity contribution in [2.45, 2.75) is 16.7 Å². The summed E-state index contributed by atoms with van der Waals surface area (Å²) in [5.41, 5.74) is -0.444. The maximum absolute atomic E-state index is 11.1. The zero-order valence-electron chi connectivity index (χ0n) is 11.7. The van der Waals surface area contributed by atoms with Crippen LogP contribution in [0.25, 0.3) is 0 Å². The Balaban J connectivity index is 2.44. The van der Waals surface area contributed by atoms with Gasteiger partial charge in [-0.2, -0.15) is 0 Å². The molecular weight excluding hydrogens is 326 g/mol. The molecule has 0 fully saturated rings. The van der Waals surface area contributed by atoms with E-state index in [4.69, 9.17) is 0 Å². The van der Waals surface area contributed by atoms with E-state index in [0.29, 0.717) is 10.5 Å². The average molecular weight is 335 g/mol. The molecule has 0 bridgehead atoms. The van der Waals surface area contributed by atoms with Crippen LogP contribution in [0.1, 0.15) is 5.56 Å². The smallest absolute Gasteiger partial charge is 0.258 e. The van der Waals surface area contributed by atoms with Crippen LogP contribution in [0.4, 0.5) is 17.1 Å². The van der Waals surface area contributed by atoms with Crippen LogP contribution in [0.15, 0.2) is 46.2 Å². The number of benzene rings is 2. The number of nitro groups is 3. The number of non-ortho nitro benzene ring substituents is 1. The van der Waals surface area contributed by atoms with Crippen molar-refractivity contribution >= 4 is 28.8 Å². The van der Waals surface area contributed by atoms with Crippen LogP contribution >= 0.6 is 11.8 Å². The topological polar surface area (TPSA) is 129 Å². The van der Waals surface area contributed by atoms with Crippen LogP contribution in [0.3, 0.4) is 0 Å². The number of hydrogen-bond donors (Lipinski definition) is 0. The van der Waals surface area contributed by atoms with Crippen molar-refractivity contribution in [3.8, 4) is 0 Å². The lowest BCUT2D eigenvalue weighted by Crippen LogP contribution is -1.95. The van der Waals surface area contributed by atoms with Crippen molar-refractivity contribution in [2.24, 2.45) is 0 Å². The molecule has 10 heteroatoms. The first-order chi connectivity index (χ1) is 10.8. The largest absolute Gasteiger partial charge is 0.290 e. The summed E-state index contributed by atoms with van der Waals surface area (Å²) in [4.78, 5) is 31.3. The van der Waals surface area contributed by atoms with Crippen LogP contribution in [0.2, 0.25) is 0 Å². The third-order valence-corrected chi connectivity index (χ3v) is 4.01. The first-order valence-corrected chi connectivity index (χ1v) is 6.97. The Bertz CT molecular complexity index is 823. The molecule has 0 aliphatic heterocycles. The average Bonchev–Trinajstić information content (AvgIpc) is 2.48. The predicted octanol–water partition coefficient (Wildman–Crippen LogP) is 3.87. The van der Waals surface area contributed by atoms with Crippen LogP contribution in [-0.2, 0) is 0 Å². The van der Waals surface area contributed by atoms with Gasteiger partial charge in [-0.1, -0.05) is 17.8 Å². The number of nitro benzene ring substituents is 3. The van der Waals surface area contributed by atoms with Crippen LogP contribution in [0.5, 0.6) is 0 Å². The summed E-state index contributed by atoms with van der Waals surface area (Å²) >= 11 is 0.935. The fourth-order valence-corrected chi connectivity index (χ4v) is 2.76. The van der Waals surface area contributed by atoms with Gasteiger partial charge in [0.1, 0.15) is 0 Å². The zero-order valence-corrected chi connectivity index (χ0v) is 12.5. The highest BCUT2D eigenvalue weighted by Gasteiger charge is 2.21. The minimum Gasteiger partial charge on any atom is -0.258 e. The molecule has 0 amide bonds. The van der Waals surface area contributed by atoms with Gasteiger partial charge in [-0.15, -0.1) is 0 Å². The monoisotopic (exact) mass is 335 g/mol. The van der Waals surface area contributed by atoms with Gasteiger partial charge in [0.05, 0.1) is 25.7 Å². The molecule has 0 aliphatic carbocycles. The van der Waals surface area contributed by atoms with Crippen LogP contribution in [-0.4, -0.2) is 14.8 Å². The molecule has 2 rings (SSSR count). The Morgan fingerprint density at radius 2 is 1.48 bits per heavy atom. The normalized spacial score (nSPS) is 10.3. The number of nitrogens with zero attached hydrogens (tertiary/aromatic N) is 3. The van der Waals surface area contributed by atoms with E-state index >= 15 is 0 Å². The second-order valence-electron chi connectivity index (χ2n) is 4.47. The van der Waals surface area contributed by atoms with Gasteiger partial charge in [-0.05, 0) is 19.1 Å². The van der Waals surface area contributed by atoms with Crippen molar-refractivity contribution in [3.63, 3.8) is 0 Å². The van der Waals surface area contributed by atoms with Gasteiger partial charge in [0, 0.05) is 22.6 Å². The fourth-order valence-electron chi connectivity index (χ4n) is 1.82. The standard InChI is InChI=1S/C13H9N3O6S/c1-8-2-4-10(7-11(8)15(19)20)23-13-5-3-9(14(17)18)6-12(13)16(21)22/h2-7H,1H3. The predicted molar refractivity (Wildman–Crippen MR) is 81.7 cm³/mol. The molecule has 9 nitrogen and oxygen atoms in total. The Morgan fingerprint density at radius 3 is 2.04 bits per heavy atom. The quantitative estimate of drug-likeness (QED) is 0.598. The lowest BCUT2D eigenvalue weighted by atomic mass is 10.2. The summed E-state index contributed by atoms with van der Waals surface area (Å²) < 4.78 is 0. The summed E-state index contributed by atoms with van der Waals surface area (Å²) in [6, 6.07) is 7.72. The van der Waals surface area contributed by atoms with Crippen molar-refractivity contribution in [1.29, 1.82) is 0 Å². The maximum atomic E-state index is 11.1. The zero-order chi connectivity index (χ0) is 17.1. The number of rotatable bonds is 5. The highest BCUT2D eigenvalue weighted by Crippen LogP contribution is 2.38. The third-order valence-electron chi connectivity index (χ3n) is 2.96. The van der Waals surface area contributed by atoms with Crippen molar-refractivity contribution in [2.75, 3.05) is 0 Å². The lowest BCUT2D eigenvalue weighted by Gasteiger charge is -2.04. The van der Waals surface area contributed by atoms with Gasteiger partial charge in [0.2, 0.25) is 0 Å². The number of hydrogen-bond acceptors (Lipinski definition) is 7. The van der Waals surface area contributed by atoms with Gasteiger partial charge in [-0.3, -0.25) is 30.3 Å². The molecule has 0 unspecified atom stereocenters. The molecule has 0 radical (unpaired) electrons. The van der Waals surface area contributed by atoms with Gasteiger partial charge >= 0.3 is 0 Å². The van der Waals surface area contributed by atoms with E-state index in [1.54, 1.807) is 13.0 Å². The van der Waals surface area contributed by atoms with E-state index in [0.717, 1.165) is 23.9 Å². The molecule has 2 aromatic carbocycles. The van der Waals surface area contributed by atoms with E-state index < -0.39 is 26.1 Å². The summed E-state index contributed by atoms with van der Waals surface area (Å²) in [6.45, 7) is 1.58. The van der Waals surface area contributed by atoms with E-state index in [1.807, 2.05) is 0 Å². The molecule has 0 saturated heterocycles. The second kappa shape index (κ2) is 6.40. The molecule has 118 valence electrons. The van der Waals surface area contributed by atoms with Gasteiger partial charge in [0.25, 0.3) is 17.1 Å². The van der Waals surface area contributed by atoms with Gasteiger partial charge in [0.15, 0.2) is 0 Å². The Morgan fingerprint density at radius 1 is 0.826 bits per heavy atom.